The van der Waals surface area contributed by atoms with E-state index in [1.54, 1.807) is 12.3 Å². The third-order valence-corrected chi connectivity index (χ3v) is 7.95. The number of alkyl halides is 3. The molecule has 0 amide bonds. The minimum absolute atomic E-state index is 0.0759. The number of aromatic nitrogens is 5. The monoisotopic (exact) mass is 603 g/mol. The second-order valence-corrected chi connectivity index (χ2v) is 11.1. The van der Waals surface area contributed by atoms with Crippen molar-refractivity contribution in [1.82, 2.24) is 24.3 Å². The van der Waals surface area contributed by atoms with Gasteiger partial charge in [-0.15, -0.1) is 0 Å². The average molecular weight is 604 g/mol. The number of nitrogens with zero attached hydrogens (tertiary/aromatic N) is 5. The van der Waals surface area contributed by atoms with Crippen LogP contribution < -0.4 is 10.3 Å². The molecule has 0 bridgehead atoms. The van der Waals surface area contributed by atoms with Crippen molar-refractivity contribution in [2.75, 3.05) is 6.61 Å². The Balaban J connectivity index is 1.32. The van der Waals surface area contributed by atoms with Crippen LogP contribution in [-0.4, -0.2) is 30.9 Å². The second-order valence-electron chi connectivity index (χ2n) is 11.1. The van der Waals surface area contributed by atoms with E-state index in [-0.39, 0.29) is 19.4 Å². The molecule has 44 heavy (non-hydrogen) atoms. The van der Waals surface area contributed by atoms with Crippen molar-refractivity contribution < 1.29 is 22.6 Å². The first-order valence-electron chi connectivity index (χ1n) is 14.5. The lowest BCUT2D eigenvalue weighted by atomic mass is 10.0. The maximum atomic E-state index is 13.4. The highest BCUT2D eigenvalue weighted by atomic mass is 19.4. The zero-order valence-corrected chi connectivity index (χ0v) is 24.7. The molecule has 1 saturated heterocycles. The highest BCUT2D eigenvalue weighted by Crippen LogP contribution is 2.35. The first-order chi connectivity index (χ1) is 21.1. The quantitative estimate of drug-likeness (QED) is 0.201. The van der Waals surface area contributed by atoms with E-state index in [2.05, 4.69) is 4.98 Å². The van der Waals surface area contributed by atoms with Crippen molar-refractivity contribution in [2.24, 2.45) is 0 Å². The molecule has 1 aliphatic heterocycles. The lowest BCUT2D eigenvalue weighted by molar-refractivity contribution is -0.138. The normalized spacial score (nSPS) is 15.5. The van der Waals surface area contributed by atoms with Gasteiger partial charge < -0.3 is 14.0 Å². The molecule has 5 aromatic rings. The van der Waals surface area contributed by atoms with Crippen LogP contribution in [0.4, 0.5) is 13.2 Å². The average Bonchev–Trinajstić information content (AvgIpc) is 3.38. The number of para-hydroxylation sites is 1. The van der Waals surface area contributed by atoms with Crippen LogP contribution in [0.1, 0.15) is 59.1 Å². The van der Waals surface area contributed by atoms with Crippen molar-refractivity contribution >= 4 is 10.9 Å². The SMILES string of the molecule is Cc1cc(-c2nn(C3CCCCO3)cc2C)c2cccc(OCc3c(C)ccnc3Cn3cccc(C(F)(F)F)c3=O)c2n1. The number of pyridine rings is 3. The highest BCUT2D eigenvalue weighted by molar-refractivity contribution is 5.97. The van der Waals surface area contributed by atoms with E-state index in [0.29, 0.717) is 22.5 Å². The number of halogens is 3. The Morgan fingerprint density at radius 1 is 1.07 bits per heavy atom. The summed E-state index contributed by atoms with van der Waals surface area (Å²) in [5.41, 5.74) is 3.91. The third kappa shape index (κ3) is 5.84. The molecule has 1 aliphatic rings. The number of fused-ring (bicyclic) bond motifs is 1. The van der Waals surface area contributed by atoms with Gasteiger partial charge in [0.2, 0.25) is 0 Å². The van der Waals surface area contributed by atoms with E-state index in [0.717, 1.165) is 70.0 Å². The zero-order valence-electron chi connectivity index (χ0n) is 24.7. The van der Waals surface area contributed by atoms with Crippen molar-refractivity contribution in [3.8, 4) is 17.0 Å². The molecule has 1 atom stereocenters. The number of aryl methyl sites for hydroxylation is 3. The maximum absolute atomic E-state index is 13.4. The van der Waals surface area contributed by atoms with Crippen LogP contribution in [0.3, 0.4) is 0 Å². The van der Waals surface area contributed by atoms with Gasteiger partial charge in [0.15, 0.2) is 0 Å². The minimum Gasteiger partial charge on any atom is -0.487 e. The van der Waals surface area contributed by atoms with Crippen LogP contribution in [0.2, 0.25) is 0 Å². The van der Waals surface area contributed by atoms with Gasteiger partial charge in [-0.05, 0) is 81.5 Å². The molecule has 1 unspecified atom stereocenters. The molecule has 1 aromatic carbocycles. The molecule has 1 fully saturated rings. The van der Waals surface area contributed by atoms with Crippen LogP contribution in [0, 0.1) is 20.8 Å². The van der Waals surface area contributed by atoms with E-state index in [9.17, 15) is 18.0 Å². The van der Waals surface area contributed by atoms with Gasteiger partial charge in [0.05, 0.1) is 17.9 Å². The fourth-order valence-corrected chi connectivity index (χ4v) is 5.66. The third-order valence-electron chi connectivity index (χ3n) is 7.95. The van der Waals surface area contributed by atoms with Crippen LogP contribution in [0.25, 0.3) is 22.2 Å². The van der Waals surface area contributed by atoms with Crippen molar-refractivity contribution in [3.63, 3.8) is 0 Å². The van der Waals surface area contributed by atoms with E-state index in [1.165, 1.54) is 12.3 Å². The standard InChI is InChI=1S/C33H32F3N5O3/c1-20-12-13-37-27(18-40-14-7-9-26(32(40)42)33(34,35)36)25(20)19-44-28-10-6-8-23-24(16-22(3)38-31(23)28)30-21(2)17-41(39-30)29-11-4-5-15-43-29/h6-10,12-14,16-17,29H,4-5,11,15,18-19H2,1-3H3. The summed E-state index contributed by atoms with van der Waals surface area (Å²) in [4.78, 5) is 21.8. The van der Waals surface area contributed by atoms with Crippen molar-refractivity contribution in [1.29, 1.82) is 0 Å². The molecule has 0 N–H and O–H groups in total. The molecular weight excluding hydrogens is 571 g/mol. The lowest BCUT2D eigenvalue weighted by Gasteiger charge is -2.22. The Labute approximate surface area is 252 Å². The van der Waals surface area contributed by atoms with E-state index >= 15 is 0 Å². The molecule has 8 nitrogen and oxygen atoms in total. The molecule has 5 heterocycles. The predicted octanol–water partition coefficient (Wildman–Crippen LogP) is 6.93. The Morgan fingerprint density at radius 3 is 2.68 bits per heavy atom. The van der Waals surface area contributed by atoms with Gasteiger partial charge in [0.25, 0.3) is 5.56 Å². The maximum Gasteiger partial charge on any atom is 0.421 e. The van der Waals surface area contributed by atoms with Crippen LogP contribution in [0.5, 0.6) is 5.75 Å². The number of benzene rings is 1. The number of rotatable bonds is 7. The predicted molar refractivity (Wildman–Crippen MR) is 159 cm³/mol. The molecule has 11 heteroatoms. The first kappa shape index (κ1) is 29.6. The Morgan fingerprint density at radius 2 is 1.91 bits per heavy atom. The summed E-state index contributed by atoms with van der Waals surface area (Å²) in [5, 5.41) is 5.81. The number of hydrogen-bond acceptors (Lipinski definition) is 6. The molecule has 0 spiro atoms. The molecule has 0 radical (unpaired) electrons. The number of hydrogen-bond donors (Lipinski definition) is 0. The van der Waals surface area contributed by atoms with Gasteiger partial charge in [-0.1, -0.05) is 12.1 Å². The molecule has 0 aliphatic carbocycles. The van der Waals surface area contributed by atoms with E-state index < -0.39 is 17.3 Å². The lowest BCUT2D eigenvalue weighted by Crippen LogP contribution is -2.29. The summed E-state index contributed by atoms with van der Waals surface area (Å²) in [7, 11) is 0. The van der Waals surface area contributed by atoms with E-state index in [1.807, 2.05) is 55.9 Å². The molecule has 228 valence electrons. The van der Waals surface area contributed by atoms with Crippen LogP contribution in [-0.2, 0) is 24.1 Å². The minimum atomic E-state index is -4.75. The highest BCUT2D eigenvalue weighted by Gasteiger charge is 2.34. The van der Waals surface area contributed by atoms with Gasteiger partial charge in [0.1, 0.15) is 29.7 Å². The van der Waals surface area contributed by atoms with Crippen LogP contribution in [0.15, 0.2) is 65.8 Å². The Hall–Kier alpha value is -4.51. The zero-order chi connectivity index (χ0) is 31.0. The Bertz CT molecular complexity index is 1890. The topological polar surface area (TPSA) is 84.1 Å². The van der Waals surface area contributed by atoms with Gasteiger partial charge >= 0.3 is 6.18 Å². The largest absolute Gasteiger partial charge is 0.487 e. The molecule has 6 rings (SSSR count). The van der Waals surface area contributed by atoms with Gasteiger partial charge in [0, 0.05) is 47.4 Å². The number of ether oxygens (including phenoxy) is 2. The molecule has 4 aromatic heterocycles. The van der Waals surface area contributed by atoms with Gasteiger partial charge in [-0.25, -0.2) is 9.67 Å². The fraction of sp³-hybridized carbons (Fsp3) is 0.333. The summed E-state index contributed by atoms with van der Waals surface area (Å²) in [6.07, 6.45) is 3.19. The molecular formula is C33H32F3N5O3. The first-order valence-corrected chi connectivity index (χ1v) is 14.5. The second kappa shape index (κ2) is 11.9. The summed E-state index contributed by atoms with van der Waals surface area (Å²) in [6.45, 7) is 6.51. The smallest absolute Gasteiger partial charge is 0.421 e. The summed E-state index contributed by atoms with van der Waals surface area (Å²) < 4.78 is 55.3. The van der Waals surface area contributed by atoms with Gasteiger partial charge in [-0.2, -0.15) is 18.3 Å². The van der Waals surface area contributed by atoms with Crippen molar-refractivity contribution in [3.05, 3.63) is 105 Å². The summed E-state index contributed by atoms with van der Waals surface area (Å²) >= 11 is 0. The molecule has 0 saturated carbocycles. The summed E-state index contributed by atoms with van der Waals surface area (Å²) in [6, 6.07) is 11.5. The van der Waals surface area contributed by atoms with Gasteiger partial charge in [-0.3, -0.25) is 9.78 Å². The van der Waals surface area contributed by atoms with Crippen LogP contribution >= 0.6 is 0 Å². The van der Waals surface area contributed by atoms with E-state index in [4.69, 9.17) is 19.6 Å². The Kier molecular flexibility index (Phi) is 7.98. The van der Waals surface area contributed by atoms with Crippen molar-refractivity contribution in [2.45, 2.75) is 65.6 Å². The fourth-order valence-electron chi connectivity index (χ4n) is 5.66. The summed E-state index contributed by atoms with van der Waals surface area (Å²) in [5.74, 6) is 0.547.